The summed E-state index contributed by atoms with van der Waals surface area (Å²) in [5, 5.41) is 13.2. The zero-order valence-corrected chi connectivity index (χ0v) is 12.4. The van der Waals surface area contributed by atoms with Crippen molar-refractivity contribution >= 4 is 5.91 Å². The molecule has 0 saturated carbocycles. The van der Waals surface area contributed by atoms with Gasteiger partial charge in [-0.15, -0.1) is 0 Å². The first-order valence-electron chi connectivity index (χ1n) is 8.01. The van der Waals surface area contributed by atoms with Crippen molar-refractivity contribution in [3.8, 4) is 0 Å². The van der Waals surface area contributed by atoms with Crippen molar-refractivity contribution in [2.75, 3.05) is 19.6 Å². The lowest BCUT2D eigenvalue weighted by Crippen LogP contribution is -2.41. The van der Waals surface area contributed by atoms with Gasteiger partial charge in [0, 0.05) is 6.42 Å². The summed E-state index contributed by atoms with van der Waals surface area (Å²) in [5.41, 5.74) is 2.21. The molecule has 0 bridgehead atoms. The second-order valence-corrected chi connectivity index (χ2v) is 6.21. The molecule has 1 heterocycles. The maximum Gasteiger partial charge on any atom is 0.234 e. The minimum absolute atomic E-state index is 0.0256. The van der Waals surface area contributed by atoms with Crippen molar-refractivity contribution in [2.24, 2.45) is 0 Å². The van der Waals surface area contributed by atoms with Gasteiger partial charge in [-0.2, -0.15) is 0 Å². The lowest BCUT2D eigenvalue weighted by atomic mass is 10.1. The van der Waals surface area contributed by atoms with Crippen LogP contribution in [0.5, 0.6) is 0 Å². The van der Waals surface area contributed by atoms with E-state index >= 15 is 0 Å². The number of carbonyl (C=O) groups is 1. The smallest absolute Gasteiger partial charge is 0.234 e. The highest BCUT2D eigenvalue weighted by molar-refractivity contribution is 5.78. The van der Waals surface area contributed by atoms with Crippen LogP contribution < -0.4 is 5.32 Å². The monoisotopic (exact) mass is 288 g/mol. The van der Waals surface area contributed by atoms with E-state index in [1.54, 1.807) is 0 Å². The number of aliphatic hydroxyl groups is 1. The van der Waals surface area contributed by atoms with Gasteiger partial charge in [0.05, 0.1) is 18.7 Å². The second-order valence-electron chi connectivity index (χ2n) is 6.21. The first-order chi connectivity index (χ1) is 10.2. The number of aliphatic hydroxyl groups excluding tert-OH is 1. The van der Waals surface area contributed by atoms with Crippen LogP contribution >= 0.6 is 0 Å². The first-order valence-corrected chi connectivity index (χ1v) is 8.01. The minimum Gasteiger partial charge on any atom is -0.390 e. The minimum atomic E-state index is -0.504. The second kappa shape index (κ2) is 6.58. The van der Waals surface area contributed by atoms with Crippen LogP contribution in [0.3, 0.4) is 0 Å². The summed E-state index contributed by atoms with van der Waals surface area (Å²) in [6.07, 6.45) is 5.03. The summed E-state index contributed by atoms with van der Waals surface area (Å²) >= 11 is 0. The maximum atomic E-state index is 12.3. The molecule has 2 atom stereocenters. The SMILES string of the molecule is O=C(CN1CCCCCC1)N[C@@H]1c2ccccc2C[C@@H]1O. The van der Waals surface area contributed by atoms with Gasteiger partial charge in [-0.3, -0.25) is 9.69 Å². The van der Waals surface area contributed by atoms with Crippen LogP contribution in [0.4, 0.5) is 0 Å². The molecule has 4 heteroatoms. The predicted molar refractivity (Wildman–Crippen MR) is 81.9 cm³/mol. The number of hydrogen-bond acceptors (Lipinski definition) is 3. The Kier molecular flexibility index (Phi) is 4.56. The normalized spacial score (nSPS) is 26.1. The van der Waals surface area contributed by atoms with E-state index in [1.165, 1.54) is 25.7 Å². The third kappa shape index (κ3) is 3.44. The van der Waals surface area contributed by atoms with Crippen LogP contribution in [0.15, 0.2) is 24.3 Å². The van der Waals surface area contributed by atoms with E-state index in [0.29, 0.717) is 13.0 Å². The molecule has 21 heavy (non-hydrogen) atoms. The molecule has 0 radical (unpaired) electrons. The summed E-state index contributed by atoms with van der Waals surface area (Å²) in [5.74, 6) is 0.0256. The number of benzene rings is 1. The fourth-order valence-corrected chi connectivity index (χ4v) is 3.46. The highest BCUT2D eigenvalue weighted by Crippen LogP contribution is 2.31. The molecule has 1 saturated heterocycles. The third-order valence-corrected chi connectivity index (χ3v) is 4.59. The molecule has 0 unspecified atom stereocenters. The number of fused-ring (bicyclic) bond motifs is 1. The van der Waals surface area contributed by atoms with Crippen LogP contribution in [0.1, 0.15) is 42.9 Å². The molecule has 1 aromatic carbocycles. The molecule has 114 valence electrons. The molecular weight excluding hydrogens is 264 g/mol. The van der Waals surface area contributed by atoms with Crippen molar-refractivity contribution < 1.29 is 9.90 Å². The molecule has 0 spiro atoms. The molecule has 0 aromatic heterocycles. The standard InChI is InChI=1S/C17H24N2O2/c20-15-11-13-7-3-4-8-14(13)17(15)18-16(21)12-19-9-5-1-2-6-10-19/h3-4,7-8,15,17,20H,1-2,5-6,9-12H2,(H,18,21)/t15-,17+/m0/s1. The number of carbonyl (C=O) groups excluding carboxylic acids is 1. The Balaban J connectivity index is 1.59. The van der Waals surface area contributed by atoms with Crippen LogP contribution in [-0.2, 0) is 11.2 Å². The summed E-state index contributed by atoms with van der Waals surface area (Å²) < 4.78 is 0. The van der Waals surface area contributed by atoms with E-state index in [9.17, 15) is 9.90 Å². The number of likely N-dealkylation sites (tertiary alicyclic amines) is 1. The average Bonchev–Trinajstić information content (AvgIpc) is 2.66. The Morgan fingerprint density at radius 3 is 2.67 bits per heavy atom. The van der Waals surface area contributed by atoms with E-state index in [-0.39, 0.29) is 11.9 Å². The molecule has 1 aromatic rings. The van der Waals surface area contributed by atoms with E-state index in [0.717, 1.165) is 24.2 Å². The maximum absolute atomic E-state index is 12.3. The van der Waals surface area contributed by atoms with Crippen LogP contribution in [0.25, 0.3) is 0 Å². The largest absolute Gasteiger partial charge is 0.390 e. The summed E-state index contributed by atoms with van der Waals surface area (Å²) in [4.78, 5) is 14.5. The Bertz CT molecular complexity index is 495. The Labute approximate surface area is 126 Å². The fraction of sp³-hybridized carbons (Fsp3) is 0.588. The van der Waals surface area contributed by atoms with Gasteiger partial charge in [0.2, 0.25) is 5.91 Å². The van der Waals surface area contributed by atoms with Crippen LogP contribution in [0.2, 0.25) is 0 Å². The topological polar surface area (TPSA) is 52.6 Å². The van der Waals surface area contributed by atoms with Gasteiger partial charge in [-0.25, -0.2) is 0 Å². The van der Waals surface area contributed by atoms with Gasteiger partial charge in [-0.05, 0) is 37.1 Å². The van der Waals surface area contributed by atoms with Crippen molar-refractivity contribution in [1.29, 1.82) is 0 Å². The number of rotatable bonds is 3. The van der Waals surface area contributed by atoms with Gasteiger partial charge in [0.15, 0.2) is 0 Å². The lowest BCUT2D eigenvalue weighted by Gasteiger charge is -2.22. The van der Waals surface area contributed by atoms with E-state index in [4.69, 9.17) is 0 Å². The molecule has 3 rings (SSSR count). The van der Waals surface area contributed by atoms with E-state index < -0.39 is 6.10 Å². The molecule has 1 aliphatic carbocycles. The third-order valence-electron chi connectivity index (χ3n) is 4.59. The van der Waals surface area contributed by atoms with E-state index in [2.05, 4.69) is 10.2 Å². The molecule has 2 N–H and O–H groups in total. The van der Waals surface area contributed by atoms with Gasteiger partial charge < -0.3 is 10.4 Å². The van der Waals surface area contributed by atoms with Crippen molar-refractivity contribution in [3.05, 3.63) is 35.4 Å². The molecule has 2 aliphatic rings. The summed E-state index contributed by atoms with van der Waals surface area (Å²) in [6, 6.07) is 7.72. The van der Waals surface area contributed by atoms with Crippen LogP contribution in [-0.4, -0.2) is 41.7 Å². The lowest BCUT2D eigenvalue weighted by molar-refractivity contribution is -0.123. The average molecular weight is 288 g/mol. The van der Waals surface area contributed by atoms with Gasteiger partial charge in [0.25, 0.3) is 0 Å². The molecular formula is C17H24N2O2. The quantitative estimate of drug-likeness (QED) is 0.889. The summed E-state index contributed by atoms with van der Waals surface area (Å²) in [6.45, 7) is 2.47. The Hall–Kier alpha value is -1.39. The fourth-order valence-electron chi connectivity index (χ4n) is 3.46. The first kappa shape index (κ1) is 14.5. The van der Waals surface area contributed by atoms with Crippen molar-refractivity contribution in [3.63, 3.8) is 0 Å². The molecule has 1 aliphatic heterocycles. The van der Waals surface area contributed by atoms with E-state index in [1.807, 2.05) is 24.3 Å². The van der Waals surface area contributed by atoms with Gasteiger partial charge in [-0.1, -0.05) is 37.1 Å². The molecule has 1 fully saturated rings. The Morgan fingerprint density at radius 2 is 1.90 bits per heavy atom. The zero-order valence-electron chi connectivity index (χ0n) is 12.4. The number of amides is 1. The van der Waals surface area contributed by atoms with Crippen molar-refractivity contribution in [1.82, 2.24) is 10.2 Å². The predicted octanol–water partition coefficient (Wildman–Crippen LogP) is 1.64. The zero-order chi connectivity index (χ0) is 14.7. The highest BCUT2D eigenvalue weighted by atomic mass is 16.3. The Morgan fingerprint density at radius 1 is 1.19 bits per heavy atom. The number of nitrogens with zero attached hydrogens (tertiary/aromatic N) is 1. The number of hydrogen-bond donors (Lipinski definition) is 2. The van der Waals surface area contributed by atoms with Crippen LogP contribution in [0, 0.1) is 0 Å². The number of nitrogens with one attached hydrogen (secondary N) is 1. The molecule has 1 amide bonds. The van der Waals surface area contributed by atoms with Gasteiger partial charge in [0.1, 0.15) is 0 Å². The van der Waals surface area contributed by atoms with Crippen molar-refractivity contribution in [2.45, 2.75) is 44.2 Å². The highest BCUT2D eigenvalue weighted by Gasteiger charge is 2.32. The molecule has 4 nitrogen and oxygen atoms in total. The van der Waals surface area contributed by atoms with Gasteiger partial charge >= 0.3 is 0 Å². The summed E-state index contributed by atoms with van der Waals surface area (Å²) in [7, 11) is 0.